The Hall–Kier alpha value is -1.39. The van der Waals surface area contributed by atoms with E-state index in [2.05, 4.69) is 24.0 Å². The van der Waals surface area contributed by atoms with E-state index >= 15 is 0 Å². The number of carboxylic acid groups (broad SMARTS) is 1. The zero-order valence-electron chi connectivity index (χ0n) is 9.63. The second-order valence-electron chi connectivity index (χ2n) is 4.67. The average molecular weight is 223 g/mol. The van der Waals surface area contributed by atoms with Gasteiger partial charge in [0.2, 0.25) is 0 Å². The Balaban J connectivity index is 2.29. The van der Waals surface area contributed by atoms with Crippen molar-refractivity contribution in [3.8, 4) is 0 Å². The van der Waals surface area contributed by atoms with Gasteiger partial charge in [0.1, 0.15) is 12.2 Å². The molecule has 0 radical (unpaired) electrons. The van der Waals surface area contributed by atoms with E-state index in [0.717, 1.165) is 25.1 Å². The molecule has 2 rings (SSSR count). The summed E-state index contributed by atoms with van der Waals surface area (Å²) in [6.07, 6.45) is 4.32. The first-order chi connectivity index (χ1) is 7.61. The molecular formula is C11H17N3O2. The van der Waals surface area contributed by atoms with E-state index in [-0.39, 0.29) is 17.9 Å². The van der Waals surface area contributed by atoms with Crippen LogP contribution in [0.15, 0.2) is 6.33 Å². The smallest absolute Gasteiger partial charge is 0.307 e. The minimum atomic E-state index is -0.708. The molecule has 1 fully saturated rings. The van der Waals surface area contributed by atoms with Crippen molar-refractivity contribution in [2.45, 2.75) is 45.1 Å². The standard InChI is InChI=1S/C11H17N3O2/c1-7(2)14-6-12-13-10(14)8-4-3-5-9(8)11(15)16/h6-9H,3-5H2,1-2H3,(H,15,16). The topological polar surface area (TPSA) is 68.0 Å². The summed E-state index contributed by atoms with van der Waals surface area (Å²) in [7, 11) is 0. The van der Waals surface area contributed by atoms with Crippen molar-refractivity contribution in [2.24, 2.45) is 5.92 Å². The van der Waals surface area contributed by atoms with Gasteiger partial charge in [-0.1, -0.05) is 6.42 Å². The van der Waals surface area contributed by atoms with E-state index in [9.17, 15) is 4.79 Å². The lowest BCUT2D eigenvalue weighted by Crippen LogP contribution is -2.20. The maximum absolute atomic E-state index is 11.1. The van der Waals surface area contributed by atoms with Crippen LogP contribution in [0.25, 0.3) is 0 Å². The molecule has 1 heterocycles. The molecular weight excluding hydrogens is 206 g/mol. The van der Waals surface area contributed by atoms with Crippen LogP contribution in [0.3, 0.4) is 0 Å². The van der Waals surface area contributed by atoms with Gasteiger partial charge in [0.15, 0.2) is 0 Å². The Morgan fingerprint density at radius 3 is 2.94 bits per heavy atom. The molecule has 1 aromatic rings. The molecule has 0 amide bonds. The highest BCUT2D eigenvalue weighted by atomic mass is 16.4. The molecule has 0 spiro atoms. The summed E-state index contributed by atoms with van der Waals surface area (Å²) in [5.41, 5.74) is 0. The molecule has 0 bridgehead atoms. The fourth-order valence-electron chi connectivity index (χ4n) is 2.48. The molecule has 1 N–H and O–H groups in total. The van der Waals surface area contributed by atoms with Gasteiger partial charge >= 0.3 is 5.97 Å². The van der Waals surface area contributed by atoms with E-state index in [1.54, 1.807) is 6.33 Å². The Labute approximate surface area is 94.5 Å². The average Bonchev–Trinajstić information content (AvgIpc) is 2.85. The number of aliphatic carboxylic acids is 1. The zero-order chi connectivity index (χ0) is 11.7. The summed E-state index contributed by atoms with van der Waals surface area (Å²) in [5.74, 6) is -0.134. The first kappa shape index (κ1) is 11.1. The SMILES string of the molecule is CC(C)n1cnnc1C1CCCC1C(=O)O. The molecule has 2 atom stereocenters. The van der Waals surface area contributed by atoms with Crippen molar-refractivity contribution < 1.29 is 9.90 Å². The Kier molecular flexibility index (Phi) is 2.94. The van der Waals surface area contributed by atoms with Crippen LogP contribution in [0, 0.1) is 5.92 Å². The van der Waals surface area contributed by atoms with Crippen LogP contribution in [0.2, 0.25) is 0 Å². The van der Waals surface area contributed by atoms with Crippen LogP contribution < -0.4 is 0 Å². The lowest BCUT2D eigenvalue weighted by atomic mass is 9.95. The molecule has 0 saturated heterocycles. The number of hydrogen-bond donors (Lipinski definition) is 1. The molecule has 0 aromatic carbocycles. The van der Waals surface area contributed by atoms with Gasteiger partial charge in [-0.05, 0) is 26.7 Å². The number of rotatable bonds is 3. The van der Waals surface area contributed by atoms with Crippen LogP contribution in [0.1, 0.15) is 50.9 Å². The van der Waals surface area contributed by atoms with Gasteiger partial charge in [0.25, 0.3) is 0 Å². The van der Waals surface area contributed by atoms with E-state index in [1.807, 2.05) is 4.57 Å². The molecule has 1 aromatic heterocycles. The molecule has 0 aliphatic heterocycles. The highest BCUT2D eigenvalue weighted by Gasteiger charge is 2.37. The molecule has 5 nitrogen and oxygen atoms in total. The summed E-state index contributed by atoms with van der Waals surface area (Å²) in [4.78, 5) is 11.1. The van der Waals surface area contributed by atoms with Crippen LogP contribution in [-0.4, -0.2) is 25.8 Å². The highest BCUT2D eigenvalue weighted by molar-refractivity contribution is 5.71. The van der Waals surface area contributed by atoms with Gasteiger partial charge in [-0.2, -0.15) is 0 Å². The Morgan fingerprint density at radius 1 is 1.56 bits per heavy atom. The number of carboxylic acids is 1. The number of nitrogens with zero attached hydrogens (tertiary/aromatic N) is 3. The quantitative estimate of drug-likeness (QED) is 0.848. The monoisotopic (exact) mass is 223 g/mol. The normalized spacial score (nSPS) is 25.2. The van der Waals surface area contributed by atoms with E-state index in [4.69, 9.17) is 5.11 Å². The lowest BCUT2D eigenvalue weighted by molar-refractivity contribution is -0.142. The van der Waals surface area contributed by atoms with Crippen LogP contribution in [-0.2, 0) is 4.79 Å². The highest BCUT2D eigenvalue weighted by Crippen LogP contribution is 2.39. The van der Waals surface area contributed by atoms with Crippen molar-refractivity contribution >= 4 is 5.97 Å². The predicted molar refractivity (Wildman–Crippen MR) is 58.1 cm³/mol. The van der Waals surface area contributed by atoms with Crippen molar-refractivity contribution in [3.63, 3.8) is 0 Å². The van der Waals surface area contributed by atoms with Crippen LogP contribution >= 0.6 is 0 Å². The van der Waals surface area contributed by atoms with Crippen molar-refractivity contribution in [2.75, 3.05) is 0 Å². The summed E-state index contributed by atoms with van der Waals surface area (Å²) >= 11 is 0. The van der Waals surface area contributed by atoms with Gasteiger partial charge in [0, 0.05) is 12.0 Å². The third kappa shape index (κ3) is 1.81. The summed E-state index contributed by atoms with van der Waals surface area (Å²) < 4.78 is 1.98. The van der Waals surface area contributed by atoms with Crippen LogP contribution in [0.4, 0.5) is 0 Å². The minimum absolute atomic E-state index is 0.0300. The summed E-state index contributed by atoms with van der Waals surface area (Å²) in [5, 5.41) is 17.2. The van der Waals surface area contributed by atoms with E-state index in [1.165, 1.54) is 0 Å². The van der Waals surface area contributed by atoms with E-state index < -0.39 is 5.97 Å². The first-order valence-electron chi connectivity index (χ1n) is 5.73. The maximum Gasteiger partial charge on any atom is 0.307 e. The predicted octanol–water partition coefficient (Wildman–Crippen LogP) is 1.83. The summed E-state index contributed by atoms with van der Waals surface area (Å²) in [6, 6.07) is 0.278. The Morgan fingerprint density at radius 2 is 2.31 bits per heavy atom. The molecule has 1 aliphatic rings. The van der Waals surface area contributed by atoms with E-state index in [0.29, 0.717) is 0 Å². The number of hydrogen-bond acceptors (Lipinski definition) is 3. The number of carbonyl (C=O) groups is 1. The minimum Gasteiger partial charge on any atom is -0.481 e. The maximum atomic E-state index is 11.1. The van der Waals surface area contributed by atoms with Gasteiger partial charge in [-0.15, -0.1) is 10.2 Å². The molecule has 16 heavy (non-hydrogen) atoms. The van der Waals surface area contributed by atoms with Crippen molar-refractivity contribution in [1.29, 1.82) is 0 Å². The first-order valence-corrected chi connectivity index (χ1v) is 5.73. The number of aromatic nitrogens is 3. The fourth-order valence-corrected chi connectivity index (χ4v) is 2.48. The third-order valence-electron chi connectivity index (χ3n) is 3.32. The second kappa shape index (κ2) is 4.23. The fraction of sp³-hybridized carbons (Fsp3) is 0.727. The molecule has 2 unspecified atom stereocenters. The van der Waals surface area contributed by atoms with Crippen molar-refractivity contribution in [3.05, 3.63) is 12.2 Å². The van der Waals surface area contributed by atoms with Crippen molar-refractivity contribution in [1.82, 2.24) is 14.8 Å². The zero-order valence-corrected chi connectivity index (χ0v) is 9.63. The second-order valence-corrected chi connectivity index (χ2v) is 4.67. The van der Waals surface area contributed by atoms with Gasteiger partial charge in [-0.3, -0.25) is 4.79 Å². The van der Waals surface area contributed by atoms with Gasteiger partial charge < -0.3 is 9.67 Å². The molecule has 5 heteroatoms. The molecule has 1 saturated carbocycles. The lowest BCUT2D eigenvalue weighted by Gasteiger charge is -2.18. The van der Waals surface area contributed by atoms with Gasteiger partial charge in [-0.25, -0.2) is 0 Å². The van der Waals surface area contributed by atoms with Gasteiger partial charge in [0.05, 0.1) is 5.92 Å². The Bertz CT molecular complexity index is 386. The van der Waals surface area contributed by atoms with Crippen LogP contribution in [0.5, 0.6) is 0 Å². The summed E-state index contributed by atoms with van der Waals surface area (Å²) in [6.45, 7) is 4.11. The largest absolute Gasteiger partial charge is 0.481 e. The third-order valence-corrected chi connectivity index (χ3v) is 3.32. The molecule has 1 aliphatic carbocycles. The molecule has 88 valence electrons.